The van der Waals surface area contributed by atoms with E-state index in [1.165, 1.54) is 12.8 Å². The van der Waals surface area contributed by atoms with Gasteiger partial charge in [0.15, 0.2) is 0 Å². The van der Waals surface area contributed by atoms with Crippen molar-refractivity contribution < 1.29 is 17.9 Å². The van der Waals surface area contributed by atoms with Crippen molar-refractivity contribution in [3.63, 3.8) is 0 Å². The number of fused-ring (bicyclic) bond motifs is 2. The van der Waals surface area contributed by atoms with Crippen molar-refractivity contribution in [3.8, 4) is 0 Å². The van der Waals surface area contributed by atoms with Crippen LogP contribution < -0.4 is 5.32 Å². The van der Waals surface area contributed by atoms with Gasteiger partial charge in [-0.15, -0.1) is 0 Å². The van der Waals surface area contributed by atoms with E-state index < -0.39 is 12.8 Å². The van der Waals surface area contributed by atoms with Gasteiger partial charge in [0.25, 0.3) is 0 Å². The standard InChI is InChI=1S/C16H24F3NO/c17-16(18,19)10-21-15-3-1-2-14(8-15)20-9-13-7-11-4-5-12(13)6-11/h4-5,11-15,20H,1-3,6-10H2. The Morgan fingerprint density at radius 3 is 2.62 bits per heavy atom. The molecule has 2 saturated carbocycles. The minimum atomic E-state index is -4.21. The zero-order valence-electron chi connectivity index (χ0n) is 12.2. The van der Waals surface area contributed by atoms with E-state index in [2.05, 4.69) is 17.5 Å². The lowest BCUT2D eigenvalue weighted by molar-refractivity contribution is -0.188. The molecule has 0 aliphatic heterocycles. The average molecular weight is 303 g/mol. The molecule has 3 aliphatic rings. The van der Waals surface area contributed by atoms with Crippen molar-refractivity contribution in [2.75, 3.05) is 13.2 Å². The van der Waals surface area contributed by atoms with Crippen molar-refractivity contribution in [1.82, 2.24) is 5.32 Å². The van der Waals surface area contributed by atoms with Gasteiger partial charge in [0.2, 0.25) is 0 Å². The van der Waals surface area contributed by atoms with Gasteiger partial charge in [-0.2, -0.15) is 13.2 Å². The molecule has 2 bridgehead atoms. The summed E-state index contributed by atoms with van der Waals surface area (Å²) in [5.41, 5.74) is 0. The summed E-state index contributed by atoms with van der Waals surface area (Å²) in [7, 11) is 0. The van der Waals surface area contributed by atoms with Crippen LogP contribution in [0.3, 0.4) is 0 Å². The molecule has 0 amide bonds. The minimum absolute atomic E-state index is 0.238. The molecule has 0 heterocycles. The fraction of sp³-hybridized carbons (Fsp3) is 0.875. The SMILES string of the molecule is FC(F)(F)COC1CCCC(NCC2CC3C=CC2C3)C1. The Hall–Kier alpha value is -0.550. The second kappa shape index (κ2) is 6.29. The number of alkyl halides is 3. The monoisotopic (exact) mass is 303 g/mol. The van der Waals surface area contributed by atoms with Crippen LogP contribution in [0.25, 0.3) is 0 Å². The summed E-state index contributed by atoms with van der Waals surface area (Å²) in [5.74, 6) is 2.22. The van der Waals surface area contributed by atoms with Crippen LogP contribution >= 0.6 is 0 Å². The summed E-state index contributed by atoms with van der Waals surface area (Å²) in [4.78, 5) is 0. The molecule has 2 nitrogen and oxygen atoms in total. The zero-order chi connectivity index (χ0) is 14.9. The first-order chi connectivity index (χ1) is 9.99. The largest absolute Gasteiger partial charge is 0.411 e. The molecule has 1 N–H and O–H groups in total. The van der Waals surface area contributed by atoms with Gasteiger partial charge in [0.05, 0.1) is 6.10 Å². The molecule has 5 unspecified atom stereocenters. The van der Waals surface area contributed by atoms with Crippen molar-refractivity contribution >= 4 is 0 Å². The van der Waals surface area contributed by atoms with E-state index >= 15 is 0 Å². The van der Waals surface area contributed by atoms with E-state index in [1.54, 1.807) is 0 Å². The lowest BCUT2D eigenvalue weighted by Gasteiger charge is -2.31. The predicted molar refractivity (Wildman–Crippen MR) is 74.9 cm³/mol. The first-order valence-corrected chi connectivity index (χ1v) is 8.09. The van der Waals surface area contributed by atoms with Gasteiger partial charge in [0.1, 0.15) is 6.61 Å². The highest BCUT2D eigenvalue weighted by Gasteiger charge is 2.36. The fourth-order valence-corrected chi connectivity index (χ4v) is 4.14. The summed E-state index contributed by atoms with van der Waals surface area (Å²) in [6.07, 6.45) is 6.29. The van der Waals surface area contributed by atoms with E-state index in [4.69, 9.17) is 4.74 Å². The maximum absolute atomic E-state index is 12.2. The first-order valence-electron chi connectivity index (χ1n) is 8.09. The van der Waals surface area contributed by atoms with Crippen molar-refractivity contribution in [2.45, 2.75) is 56.8 Å². The van der Waals surface area contributed by atoms with Gasteiger partial charge in [0, 0.05) is 6.04 Å². The number of ether oxygens (including phenoxy) is 1. The Labute approximate surface area is 124 Å². The topological polar surface area (TPSA) is 21.3 Å². The van der Waals surface area contributed by atoms with Gasteiger partial charge < -0.3 is 10.1 Å². The maximum atomic E-state index is 12.2. The highest BCUT2D eigenvalue weighted by atomic mass is 19.4. The second-order valence-electron chi connectivity index (χ2n) is 6.86. The van der Waals surface area contributed by atoms with Gasteiger partial charge in [-0.1, -0.05) is 12.2 Å². The Kier molecular flexibility index (Phi) is 4.60. The zero-order valence-corrected chi connectivity index (χ0v) is 12.2. The summed E-state index contributed by atoms with van der Waals surface area (Å²) >= 11 is 0. The van der Waals surface area contributed by atoms with Crippen LogP contribution in [0.15, 0.2) is 12.2 Å². The number of rotatable bonds is 5. The second-order valence-corrected chi connectivity index (χ2v) is 6.86. The molecule has 5 heteroatoms. The quantitative estimate of drug-likeness (QED) is 0.782. The van der Waals surface area contributed by atoms with Crippen LogP contribution in [-0.2, 0) is 4.74 Å². The van der Waals surface area contributed by atoms with E-state index in [1.807, 2.05) is 0 Å². The Morgan fingerprint density at radius 2 is 1.95 bits per heavy atom. The molecule has 21 heavy (non-hydrogen) atoms. The van der Waals surface area contributed by atoms with Gasteiger partial charge >= 0.3 is 6.18 Å². The van der Waals surface area contributed by atoms with Crippen LogP contribution in [0.5, 0.6) is 0 Å². The highest BCUT2D eigenvalue weighted by molar-refractivity contribution is 5.10. The summed E-state index contributed by atoms with van der Waals surface area (Å²) in [6, 6.07) is 0.320. The van der Waals surface area contributed by atoms with E-state index in [-0.39, 0.29) is 6.10 Å². The molecule has 2 fully saturated rings. The number of nitrogens with one attached hydrogen (secondary N) is 1. The van der Waals surface area contributed by atoms with Crippen molar-refractivity contribution in [3.05, 3.63) is 12.2 Å². The first kappa shape index (κ1) is 15.3. The third-order valence-electron chi connectivity index (χ3n) is 5.19. The lowest BCUT2D eigenvalue weighted by atomic mass is 9.90. The van der Waals surface area contributed by atoms with E-state index in [0.29, 0.717) is 12.5 Å². The fourth-order valence-electron chi connectivity index (χ4n) is 4.14. The number of halogens is 3. The number of allylic oxidation sites excluding steroid dienone is 2. The van der Waals surface area contributed by atoms with Crippen molar-refractivity contribution in [2.24, 2.45) is 17.8 Å². The summed E-state index contributed by atoms with van der Waals surface area (Å²) in [5, 5.41) is 3.58. The minimum Gasteiger partial charge on any atom is -0.369 e. The van der Waals surface area contributed by atoms with Crippen LogP contribution in [-0.4, -0.2) is 31.5 Å². The molecule has 0 saturated heterocycles. The molecule has 0 aromatic rings. The van der Waals surface area contributed by atoms with E-state index in [9.17, 15) is 13.2 Å². The Bertz CT molecular complexity index is 382. The van der Waals surface area contributed by atoms with Crippen molar-refractivity contribution in [1.29, 1.82) is 0 Å². The summed E-state index contributed by atoms with van der Waals surface area (Å²) < 4.78 is 41.6. The van der Waals surface area contributed by atoms with E-state index in [0.717, 1.165) is 43.6 Å². The molecular weight excluding hydrogens is 279 g/mol. The maximum Gasteiger partial charge on any atom is 0.411 e. The molecule has 120 valence electrons. The Morgan fingerprint density at radius 1 is 1.10 bits per heavy atom. The molecule has 0 aromatic carbocycles. The van der Waals surface area contributed by atoms with Crippen LogP contribution in [0, 0.1) is 17.8 Å². The smallest absolute Gasteiger partial charge is 0.369 e. The molecule has 0 spiro atoms. The molecular formula is C16H24F3NO. The third kappa shape index (κ3) is 4.22. The van der Waals surface area contributed by atoms with Crippen LogP contribution in [0.2, 0.25) is 0 Å². The Balaban J connectivity index is 1.38. The van der Waals surface area contributed by atoms with Gasteiger partial charge in [-0.3, -0.25) is 0 Å². The third-order valence-corrected chi connectivity index (χ3v) is 5.19. The summed E-state index contributed by atoms with van der Waals surface area (Å²) in [6.45, 7) is -0.107. The number of hydrogen-bond donors (Lipinski definition) is 1. The molecule has 5 atom stereocenters. The molecule has 3 rings (SSSR count). The van der Waals surface area contributed by atoms with Gasteiger partial charge in [-0.25, -0.2) is 0 Å². The number of hydrogen-bond acceptors (Lipinski definition) is 2. The molecule has 0 radical (unpaired) electrons. The van der Waals surface area contributed by atoms with Crippen LogP contribution in [0.4, 0.5) is 13.2 Å². The normalized spacial score (nSPS) is 39.1. The average Bonchev–Trinajstić information content (AvgIpc) is 3.05. The van der Waals surface area contributed by atoms with Gasteiger partial charge in [-0.05, 0) is 62.8 Å². The predicted octanol–water partition coefficient (Wildman–Crippen LogP) is 3.68. The molecule has 3 aliphatic carbocycles. The molecule has 0 aromatic heterocycles. The highest BCUT2D eigenvalue weighted by Crippen LogP contribution is 2.43. The van der Waals surface area contributed by atoms with Crippen LogP contribution in [0.1, 0.15) is 38.5 Å². The lowest BCUT2D eigenvalue weighted by Crippen LogP contribution is -2.40.